The maximum atomic E-state index is 13.3. The molecular weight excluding hydrogens is 259 g/mol. The fourth-order valence-corrected chi connectivity index (χ4v) is 1.35. The summed E-state index contributed by atoms with van der Waals surface area (Å²) < 4.78 is 17.6. The third-order valence-corrected chi connectivity index (χ3v) is 2.11. The smallest absolute Gasteiger partial charge is 0.339 e. The number of aromatic carboxylic acids is 1. The minimum Gasteiger partial charge on any atom is -0.478 e. The van der Waals surface area contributed by atoms with Crippen molar-refractivity contribution in [2.45, 2.75) is 0 Å². The largest absolute Gasteiger partial charge is 0.478 e. The highest BCUT2D eigenvalue weighted by atomic mass is 79.9. The molecule has 0 amide bonds. The second-order valence-electron chi connectivity index (χ2n) is 2.25. The molecule has 1 aromatic rings. The molecule has 0 heterocycles. The molecule has 0 spiro atoms. The van der Waals surface area contributed by atoms with Crippen molar-refractivity contribution in [1.82, 2.24) is 0 Å². The summed E-state index contributed by atoms with van der Waals surface area (Å²) in [6.45, 7) is 0.0257. The zero-order chi connectivity index (χ0) is 10.7. The van der Waals surface area contributed by atoms with Gasteiger partial charge in [-0.15, -0.1) is 0 Å². The number of hydrogen-bond acceptors (Lipinski definition) is 3. The SMILES string of the molecule is O=COc1ccc(Br)c(C(=O)O)c1F. The standard InChI is InChI=1S/C8H4BrFO4/c9-4-1-2-5(14-3-11)7(10)6(4)8(12)13/h1-3H,(H,12,13). The van der Waals surface area contributed by atoms with E-state index in [-0.39, 0.29) is 10.9 Å². The topological polar surface area (TPSA) is 63.6 Å². The number of benzene rings is 1. The molecule has 1 aromatic carbocycles. The van der Waals surface area contributed by atoms with Gasteiger partial charge in [-0.3, -0.25) is 4.79 Å². The molecule has 0 saturated heterocycles. The molecule has 0 bridgehead atoms. The van der Waals surface area contributed by atoms with Crippen LogP contribution in [0.2, 0.25) is 0 Å². The Bertz CT molecular complexity index is 391. The van der Waals surface area contributed by atoms with E-state index in [9.17, 15) is 14.0 Å². The lowest BCUT2D eigenvalue weighted by atomic mass is 10.2. The van der Waals surface area contributed by atoms with Gasteiger partial charge in [0.1, 0.15) is 5.56 Å². The number of carbonyl (C=O) groups excluding carboxylic acids is 1. The second-order valence-corrected chi connectivity index (χ2v) is 3.11. The normalized spacial score (nSPS) is 9.57. The summed E-state index contributed by atoms with van der Waals surface area (Å²) in [6.07, 6.45) is 0. The van der Waals surface area contributed by atoms with Crippen LogP contribution < -0.4 is 4.74 Å². The Labute approximate surface area is 86.4 Å². The average Bonchev–Trinajstić information content (AvgIpc) is 2.10. The van der Waals surface area contributed by atoms with Crippen molar-refractivity contribution in [1.29, 1.82) is 0 Å². The number of halogens is 2. The lowest BCUT2D eigenvalue weighted by molar-refractivity contribution is -0.120. The predicted octanol–water partition coefficient (Wildman–Crippen LogP) is 1.82. The van der Waals surface area contributed by atoms with Gasteiger partial charge in [-0.1, -0.05) is 0 Å². The molecule has 6 heteroatoms. The molecule has 0 aliphatic rings. The minimum atomic E-state index is -1.44. The van der Waals surface area contributed by atoms with E-state index in [1.54, 1.807) is 0 Å². The van der Waals surface area contributed by atoms with Crippen LogP contribution in [0.3, 0.4) is 0 Å². The molecule has 0 fully saturated rings. The van der Waals surface area contributed by atoms with E-state index in [0.717, 1.165) is 6.07 Å². The molecule has 0 aliphatic heterocycles. The molecular formula is C8H4BrFO4. The van der Waals surface area contributed by atoms with Crippen molar-refractivity contribution in [3.63, 3.8) is 0 Å². The Morgan fingerprint density at radius 2 is 2.21 bits per heavy atom. The molecule has 0 radical (unpaired) electrons. The first kappa shape index (κ1) is 10.6. The van der Waals surface area contributed by atoms with E-state index < -0.39 is 23.1 Å². The number of carboxylic acids is 1. The van der Waals surface area contributed by atoms with E-state index in [0.29, 0.717) is 0 Å². The highest BCUT2D eigenvalue weighted by molar-refractivity contribution is 9.10. The maximum absolute atomic E-state index is 13.3. The Morgan fingerprint density at radius 3 is 2.71 bits per heavy atom. The van der Waals surface area contributed by atoms with Gasteiger partial charge in [-0.25, -0.2) is 9.18 Å². The van der Waals surface area contributed by atoms with E-state index in [1.165, 1.54) is 6.07 Å². The van der Waals surface area contributed by atoms with Gasteiger partial charge in [-0.05, 0) is 28.1 Å². The van der Waals surface area contributed by atoms with Crippen LogP contribution in [0.5, 0.6) is 5.75 Å². The van der Waals surface area contributed by atoms with Crippen LogP contribution in [0.1, 0.15) is 10.4 Å². The lowest BCUT2D eigenvalue weighted by Gasteiger charge is -2.04. The molecule has 1 N–H and O–H groups in total. The second kappa shape index (κ2) is 4.19. The molecule has 74 valence electrons. The third kappa shape index (κ3) is 1.90. The zero-order valence-corrected chi connectivity index (χ0v) is 8.25. The molecule has 0 aromatic heterocycles. The van der Waals surface area contributed by atoms with Crippen molar-refractivity contribution in [3.8, 4) is 5.75 Å². The van der Waals surface area contributed by atoms with E-state index in [1.807, 2.05) is 0 Å². The molecule has 0 saturated carbocycles. The summed E-state index contributed by atoms with van der Waals surface area (Å²) in [5.74, 6) is -2.94. The van der Waals surface area contributed by atoms with Gasteiger partial charge in [0.2, 0.25) is 0 Å². The van der Waals surface area contributed by atoms with Crippen LogP contribution >= 0.6 is 15.9 Å². The van der Waals surface area contributed by atoms with E-state index >= 15 is 0 Å². The Morgan fingerprint density at radius 1 is 1.57 bits per heavy atom. The fraction of sp³-hybridized carbons (Fsp3) is 0. The highest BCUT2D eigenvalue weighted by Gasteiger charge is 2.18. The summed E-state index contributed by atoms with van der Waals surface area (Å²) in [5.41, 5.74) is -0.565. The van der Waals surface area contributed by atoms with Crippen LogP contribution in [0.25, 0.3) is 0 Å². The summed E-state index contributed by atoms with van der Waals surface area (Å²) >= 11 is 2.87. The van der Waals surface area contributed by atoms with Gasteiger partial charge < -0.3 is 9.84 Å². The van der Waals surface area contributed by atoms with Crippen molar-refractivity contribution in [2.75, 3.05) is 0 Å². The van der Waals surface area contributed by atoms with E-state index in [4.69, 9.17) is 5.11 Å². The number of rotatable bonds is 3. The quantitative estimate of drug-likeness (QED) is 0.845. The van der Waals surface area contributed by atoms with Crippen LogP contribution in [-0.4, -0.2) is 17.5 Å². The van der Waals surface area contributed by atoms with Crippen molar-refractivity contribution >= 4 is 28.4 Å². The molecule has 0 atom stereocenters. The Hall–Kier alpha value is -1.43. The Kier molecular flexibility index (Phi) is 3.19. The first-order valence-electron chi connectivity index (χ1n) is 3.39. The average molecular weight is 263 g/mol. The monoisotopic (exact) mass is 262 g/mol. The van der Waals surface area contributed by atoms with Crippen LogP contribution in [0.4, 0.5) is 4.39 Å². The van der Waals surface area contributed by atoms with Gasteiger partial charge in [0.05, 0.1) is 0 Å². The van der Waals surface area contributed by atoms with Crippen LogP contribution in [0, 0.1) is 5.82 Å². The first-order chi connectivity index (χ1) is 6.57. The summed E-state index contributed by atoms with van der Waals surface area (Å²) in [6, 6.07) is 2.44. The van der Waals surface area contributed by atoms with Crippen LogP contribution in [-0.2, 0) is 4.79 Å². The van der Waals surface area contributed by atoms with Gasteiger partial charge >= 0.3 is 5.97 Å². The number of ether oxygens (including phenoxy) is 1. The first-order valence-corrected chi connectivity index (χ1v) is 4.18. The molecule has 1 rings (SSSR count). The molecule has 0 unspecified atom stereocenters. The fourth-order valence-electron chi connectivity index (χ4n) is 0.872. The Balaban J connectivity index is 3.32. The lowest BCUT2D eigenvalue weighted by Crippen LogP contribution is -2.04. The summed E-state index contributed by atoms with van der Waals surface area (Å²) in [7, 11) is 0. The van der Waals surface area contributed by atoms with Crippen molar-refractivity contribution in [3.05, 3.63) is 28.0 Å². The summed E-state index contributed by atoms with van der Waals surface area (Å²) in [5, 5.41) is 8.63. The highest BCUT2D eigenvalue weighted by Crippen LogP contribution is 2.27. The number of carboxylic acid groups (broad SMARTS) is 1. The molecule has 0 aliphatic carbocycles. The van der Waals surface area contributed by atoms with Crippen molar-refractivity contribution in [2.24, 2.45) is 0 Å². The molecule has 4 nitrogen and oxygen atoms in total. The predicted molar refractivity (Wildman–Crippen MR) is 47.8 cm³/mol. The summed E-state index contributed by atoms with van der Waals surface area (Å²) in [4.78, 5) is 20.5. The van der Waals surface area contributed by atoms with Gasteiger partial charge in [0, 0.05) is 4.47 Å². The van der Waals surface area contributed by atoms with E-state index in [2.05, 4.69) is 20.7 Å². The van der Waals surface area contributed by atoms with Gasteiger partial charge in [0.15, 0.2) is 11.6 Å². The van der Waals surface area contributed by atoms with Crippen molar-refractivity contribution < 1.29 is 23.8 Å². The number of carbonyl (C=O) groups is 2. The molecule has 14 heavy (non-hydrogen) atoms. The maximum Gasteiger partial charge on any atom is 0.339 e. The third-order valence-electron chi connectivity index (χ3n) is 1.44. The minimum absolute atomic E-state index is 0.0257. The zero-order valence-electron chi connectivity index (χ0n) is 6.66. The number of hydrogen-bond donors (Lipinski definition) is 1. The van der Waals surface area contributed by atoms with Gasteiger partial charge in [0.25, 0.3) is 6.47 Å². The van der Waals surface area contributed by atoms with Crippen LogP contribution in [0.15, 0.2) is 16.6 Å². The van der Waals surface area contributed by atoms with Gasteiger partial charge in [-0.2, -0.15) is 0 Å².